The number of fused-ring (bicyclic) bond motifs is 1. The molecule has 35 heavy (non-hydrogen) atoms. The molecule has 0 aliphatic heterocycles. The van der Waals surface area contributed by atoms with Crippen LogP contribution in [0.2, 0.25) is 0 Å². The summed E-state index contributed by atoms with van der Waals surface area (Å²) in [4.78, 5) is 17.9. The van der Waals surface area contributed by atoms with Gasteiger partial charge in [-0.3, -0.25) is 4.79 Å². The Bertz CT molecular complexity index is 1310. The number of methoxy groups -OCH3 is 1. The molecule has 0 aliphatic carbocycles. The maximum absolute atomic E-state index is 13.0. The van der Waals surface area contributed by atoms with E-state index in [0.29, 0.717) is 12.2 Å². The largest absolute Gasteiger partial charge is 0.497 e. The molecule has 4 rings (SSSR count). The summed E-state index contributed by atoms with van der Waals surface area (Å²) in [6.45, 7) is 7.40. The predicted octanol–water partition coefficient (Wildman–Crippen LogP) is 6.01. The van der Waals surface area contributed by atoms with E-state index in [1.807, 2.05) is 81.4 Å². The van der Waals surface area contributed by atoms with Gasteiger partial charge in [-0.05, 0) is 69.5 Å². The first kappa shape index (κ1) is 24.3. The number of aromatic nitrogens is 2. The maximum atomic E-state index is 13.0. The standard InChI is InChI=1S/C29H33N3O3/c1-20-14-15-25(21(2)18-20)29(33)30-22(3)28-31-26-12-5-6-13-27(26)32(28)16-7-8-17-35-24-11-9-10-23(19-24)34-4/h5-6,9-15,18-19,22H,7-8,16-17H2,1-4H3,(H,30,33). The lowest BCUT2D eigenvalue weighted by Crippen LogP contribution is -2.29. The van der Waals surface area contributed by atoms with Gasteiger partial charge < -0.3 is 19.4 Å². The second-order valence-corrected chi connectivity index (χ2v) is 8.86. The number of carbonyl (C=O) groups excluding carboxylic acids is 1. The van der Waals surface area contributed by atoms with E-state index < -0.39 is 0 Å². The highest BCUT2D eigenvalue weighted by molar-refractivity contribution is 5.96. The number of unbranched alkanes of at least 4 members (excludes halogenated alkanes) is 1. The Morgan fingerprint density at radius 2 is 1.80 bits per heavy atom. The molecule has 0 bridgehead atoms. The number of rotatable bonds is 10. The second-order valence-electron chi connectivity index (χ2n) is 8.86. The molecule has 1 aromatic heterocycles. The zero-order valence-electron chi connectivity index (χ0n) is 20.9. The number of amides is 1. The second kappa shape index (κ2) is 11.1. The molecule has 3 aromatic carbocycles. The Morgan fingerprint density at radius 3 is 2.60 bits per heavy atom. The molecule has 0 saturated carbocycles. The third-order valence-electron chi connectivity index (χ3n) is 6.13. The molecule has 0 fully saturated rings. The van der Waals surface area contributed by atoms with Gasteiger partial charge in [0.25, 0.3) is 5.91 Å². The van der Waals surface area contributed by atoms with Crippen LogP contribution in [-0.4, -0.2) is 29.2 Å². The van der Waals surface area contributed by atoms with Crippen LogP contribution in [0.3, 0.4) is 0 Å². The minimum Gasteiger partial charge on any atom is -0.497 e. The SMILES string of the molecule is COc1cccc(OCCCCn2c(C(C)NC(=O)c3ccc(C)cc3C)nc3ccccc32)c1. The van der Waals surface area contributed by atoms with Crippen LogP contribution in [0.25, 0.3) is 11.0 Å². The van der Waals surface area contributed by atoms with Crippen LogP contribution < -0.4 is 14.8 Å². The van der Waals surface area contributed by atoms with Crippen molar-refractivity contribution < 1.29 is 14.3 Å². The van der Waals surface area contributed by atoms with Crippen LogP contribution in [0.4, 0.5) is 0 Å². The summed E-state index contributed by atoms with van der Waals surface area (Å²) in [5.41, 5.74) is 4.81. The summed E-state index contributed by atoms with van der Waals surface area (Å²) in [6, 6.07) is 21.4. The molecule has 1 N–H and O–H groups in total. The summed E-state index contributed by atoms with van der Waals surface area (Å²) in [5, 5.41) is 3.15. The molecular weight excluding hydrogens is 438 g/mol. The lowest BCUT2D eigenvalue weighted by molar-refractivity contribution is 0.0937. The Balaban J connectivity index is 1.43. The van der Waals surface area contributed by atoms with Crippen molar-refractivity contribution in [3.05, 3.63) is 89.2 Å². The fraction of sp³-hybridized carbons (Fsp3) is 0.310. The molecule has 0 saturated heterocycles. The van der Waals surface area contributed by atoms with Crippen molar-refractivity contribution in [1.29, 1.82) is 0 Å². The Kier molecular flexibility index (Phi) is 7.70. The number of nitrogens with zero attached hydrogens (tertiary/aromatic N) is 2. The molecule has 1 atom stereocenters. The average molecular weight is 472 g/mol. The van der Waals surface area contributed by atoms with Crippen LogP contribution >= 0.6 is 0 Å². The Hall–Kier alpha value is -3.80. The van der Waals surface area contributed by atoms with Gasteiger partial charge in [0.2, 0.25) is 0 Å². The van der Waals surface area contributed by atoms with E-state index in [9.17, 15) is 4.79 Å². The summed E-state index contributed by atoms with van der Waals surface area (Å²) in [6.07, 6.45) is 1.82. The molecule has 0 spiro atoms. The van der Waals surface area contributed by atoms with Gasteiger partial charge in [0.15, 0.2) is 0 Å². The molecule has 0 radical (unpaired) electrons. The normalized spacial score (nSPS) is 11.9. The summed E-state index contributed by atoms with van der Waals surface area (Å²) >= 11 is 0. The number of para-hydroxylation sites is 2. The molecule has 4 aromatic rings. The van der Waals surface area contributed by atoms with Crippen molar-refractivity contribution in [1.82, 2.24) is 14.9 Å². The van der Waals surface area contributed by atoms with Crippen molar-refractivity contribution in [3.63, 3.8) is 0 Å². The molecule has 6 heteroatoms. The van der Waals surface area contributed by atoms with Gasteiger partial charge in [-0.25, -0.2) is 4.98 Å². The number of hydrogen-bond donors (Lipinski definition) is 1. The van der Waals surface area contributed by atoms with Crippen LogP contribution in [0.15, 0.2) is 66.7 Å². The van der Waals surface area contributed by atoms with Gasteiger partial charge >= 0.3 is 0 Å². The minimum absolute atomic E-state index is 0.0831. The fourth-order valence-electron chi connectivity index (χ4n) is 4.32. The van der Waals surface area contributed by atoms with Crippen LogP contribution in [0.1, 0.15) is 53.1 Å². The van der Waals surface area contributed by atoms with E-state index in [-0.39, 0.29) is 11.9 Å². The Morgan fingerprint density at radius 1 is 1.00 bits per heavy atom. The van der Waals surface area contributed by atoms with Crippen molar-refractivity contribution in [2.75, 3.05) is 13.7 Å². The highest BCUT2D eigenvalue weighted by Crippen LogP contribution is 2.23. The van der Waals surface area contributed by atoms with E-state index >= 15 is 0 Å². The third-order valence-corrected chi connectivity index (χ3v) is 6.13. The van der Waals surface area contributed by atoms with E-state index in [1.165, 1.54) is 0 Å². The number of aryl methyl sites for hydroxylation is 3. The first-order valence-corrected chi connectivity index (χ1v) is 12.1. The number of carbonyl (C=O) groups is 1. The van der Waals surface area contributed by atoms with Gasteiger partial charge in [-0.1, -0.05) is 35.9 Å². The molecule has 6 nitrogen and oxygen atoms in total. The molecule has 1 amide bonds. The van der Waals surface area contributed by atoms with E-state index in [2.05, 4.69) is 16.0 Å². The molecule has 0 aliphatic rings. The zero-order chi connectivity index (χ0) is 24.8. The topological polar surface area (TPSA) is 65.4 Å². The molecular formula is C29H33N3O3. The first-order valence-electron chi connectivity index (χ1n) is 12.1. The predicted molar refractivity (Wildman–Crippen MR) is 139 cm³/mol. The molecule has 1 heterocycles. The van der Waals surface area contributed by atoms with Crippen LogP contribution in [-0.2, 0) is 6.54 Å². The monoisotopic (exact) mass is 471 g/mol. The summed E-state index contributed by atoms with van der Waals surface area (Å²) in [5.74, 6) is 2.37. The number of benzene rings is 3. The van der Waals surface area contributed by atoms with Crippen molar-refractivity contribution in [2.24, 2.45) is 0 Å². The van der Waals surface area contributed by atoms with Gasteiger partial charge in [-0.15, -0.1) is 0 Å². The van der Waals surface area contributed by atoms with Crippen LogP contribution in [0.5, 0.6) is 11.5 Å². The van der Waals surface area contributed by atoms with Gasteiger partial charge in [0.1, 0.15) is 17.3 Å². The Labute approximate surface area is 206 Å². The lowest BCUT2D eigenvalue weighted by Gasteiger charge is -2.17. The minimum atomic E-state index is -0.233. The van der Waals surface area contributed by atoms with Gasteiger partial charge in [0.05, 0.1) is 30.8 Å². The summed E-state index contributed by atoms with van der Waals surface area (Å²) < 4.78 is 13.4. The summed E-state index contributed by atoms with van der Waals surface area (Å²) in [7, 11) is 1.65. The third kappa shape index (κ3) is 5.83. The van der Waals surface area contributed by atoms with Crippen molar-refractivity contribution in [3.8, 4) is 11.5 Å². The molecule has 182 valence electrons. The van der Waals surface area contributed by atoms with Gasteiger partial charge in [-0.2, -0.15) is 0 Å². The quantitative estimate of drug-likeness (QED) is 0.288. The zero-order valence-corrected chi connectivity index (χ0v) is 20.9. The van der Waals surface area contributed by atoms with Gasteiger partial charge in [0, 0.05) is 18.2 Å². The number of nitrogens with one attached hydrogen (secondary N) is 1. The number of imidazole rings is 1. The lowest BCUT2D eigenvalue weighted by atomic mass is 10.0. The number of hydrogen-bond acceptors (Lipinski definition) is 4. The highest BCUT2D eigenvalue weighted by Gasteiger charge is 2.19. The smallest absolute Gasteiger partial charge is 0.252 e. The van der Waals surface area contributed by atoms with Crippen molar-refractivity contribution >= 4 is 16.9 Å². The van der Waals surface area contributed by atoms with E-state index in [4.69, 9.17) is 14.5 Å². The van der Waals surface area contributed by atoms with Crippen LogP contribution in [0, 0.1) is 13.8 Å². The molecule has 1 unspecified atom stereocenters. The van der Waals surface area contributed by atoms with E-state index in [1.54, 1.807) is 7.11 Å². The average Bonchev–Trinajstić information content (AvgIpc) is 3.22. The maximum Gasteiger partial charge on any atom is 0.252 e. The highest BCUT2D eigenvalue weighted by atomic mass is 16.5. The number of ether oxygens (including phenoxy) is 2. The van der Waals surface area contributed by atoms with Crippen molar-refractivity contribution in [2.45, 2.75) is 46.2 Å². The fourth-order valence-corrected chi connectivity index (χ4v) is 4.32. The van der Waals surface area contributed by atoms with E-state index in [0.717, 1.165) is 58.9 Å². The first-order chi connectivity index (χ1) is 17.0.